The minimum absolute atomic E-state index is 0.0350. The van der Waals surface area contributed by atoms with Crippen LogP contribution in [0, 0.1) is 0 Å². The largest absolute Gasteiger partial charge is 0.341 e. The van der Waals surface area contributed by atoms with Crippen LogP contribution in [0.1, 0.15) is 36.0 Å². The molecule has 1 atom stereocenters. The second kappa shape index (κ2) is 7.30. The quantitative estimate of drug-likeness (QED) is 0.870. The lowest BCUT2D eigenvalue weighted by molar-refractivity contribution is -0.136. The number of carbonyl (C=O) groups is 2. The second-order valence-electron chi connectivity index (χ2n) is 6.45. The van der Waals surface area contributed by atoms with Gasteiger partial charge in [-0.15, -0.1) is 0 Å². The summed E-state index contributed by atoms with van der Waals surface area (Å²) in [5, 5.41) is 0.751. The van der Waals surface area contributed by atoms with Crippen LogP contribution < -0.4 is 5.73 Å². The first kappa shape index (κ1) is 17.5. The number of hydrogen-bond acceptors (Lipinski definition) is 3. The summed E-state index contributed by atoms with van der Waals surface area (Å²) in [6.45, 7) is 1.93. The topological polar surface area (TPSA) is 66.6 Å². The van der Waals surface area contributed by atoms with Gasteiger partial charge in [-0.3, -0.25) is 9.59 Å². The first-order valence-corrected chi connectivity index (χ1v) is 9.03. The molecule has 2 heterocycles. The van der Waals surface area contributed by atoms with Gasteiger partial charge in [-0.2, -0.15) is 0 Å². The molecule has 7 heteroatoms. The van der Waals surface area contributed by atoms with E-state index in [0.29, 0.717) is 41.7 Å². The molecule has 2 saturated heterocycles. The van der Waals surface area contributed by atoms with E-state index >= 15 is 0 Å². The Labute approximate surface area is 151 Å². The van der Waals surface area contributed by atoms with Gasteiger partial charge in [-0.1, -0.05) is 23.2 Å². The van der Waals surface area contributed by atoms with Gasteiger partial charge in [-0.05, 0) is 43.9 Å². The third kappa shape index (κ3) is 3.53. The van der Waals surface area contributed by atoms with E-state index in [1.165, 1.54) is 0 Å². The van der Waals surface area contributed by atoms with Gasteiger partial charge in [-0.25, -0.2) is 0 Å². The maximum atomic E-state index is 12.8. The molecule has 0 bridgehead atoms. The van der Waals surface area contributed by atoms with E-state index < -0.39 is 0 Å². The summed E-state index contributed by atoms with van der Waals surface area (Å²) in [5.41, 5.74) is 6.37. The van der Waals surface area contributed by atoms with Crippen LogP contribution in [0.3, 0.4) is 0 Å². The fourth-order valence-electron chi connectivity index (χ4n) is 3.39. The minimum atomic E-state index is -0.388. The molecule has 0 aliphatic carbocycles. The third-order valence-corrected chi connectivity index (χ3v) is 5.56. The predicted molar refractivity (Wildman–Crippen MR) is 94.3 cm³/mol. The molecule has 1 unspecified atom stereocenters. The van der Waals surface area contributed by atoms with Crippen molar-refractivity contribution in [1.29, 1.82) is 0 Å². The molecule has 0 radical (unpaired) electrons. The van der Waals surface area contributed by atoms with Crippen LogP contribution in [0.15, 0.2) is 18.2 Å². The van der Waals surface area contributed by atoms with Gasteiger partial charge in [0.25, 0.3) is 5.91 Å². The average Bonchev–Trinajstić information content (AvgIpc) is 3.06. The van der Waals surface area contributed by atoms with Crippen molar-refractivity contribution in [2.75, 3.05) is 19.6 Å². The molecule has 24 heavy (non-hydrogen) atoms. The van der Waals surface area contributed by atoms with E-state index in [-0.39, 0.29) is 23.9 Å². The summed E-state index contributed by atoms with van der Waals surface area (Å²) in [6.07, 6.45) is 3.17. The van der Waals surface area contributed by atoms with Crippen molar-refractivity contribution in [1.82, 2.24) is 9.80 Å². The van der Waals surface area contributed by atoms with E-state index in [1.54, 1.807) is 23.1 Å². The number of hydrogen-bond donors (Lipinski definition) is 1. The van der Waals surface area contributed by atoms with Crippen molar-refractivity contribution < 1.29 is 9.59 Å². The van der Waals surface area contributed by atoms with Crippen LogP contribution in [0.5, 0.6) is 0 Å². The average molecular weight is 370 g/mol. The van der Waals surface area contributed by atoms with Crippen molar-refractivity contribution in [3.05, 3.63) is 33.8 Å². The Morgan fingerprint density at radius 2 is 1.75 bits per heavy atom. The highest BCUT2D eigenvalue weighted by Gasteiger charge is 2.37. The van der Waals surface area contributed by atoms with Gasteiger partial charge < -0.3 is 15.5 Å². The molecule has 0 saturated carbocycles. The molecule has 1 aromatic carbocycles. The molecule has 2 aliphatic heterocycles. The summed E-state index contributed by atoms with van der Waals surface area (Å²) in [6, 6.07) is 4.60. The van der Waals surface area contributed by atoms with Crippen LogP contribution in [0.2, 0.25) is 10.0 Å². The highest BCUT2D eigenvalue weighted by Crippen LogP contribution is 2.27. The number of rotatable bonds is 2. The zero-order valence-corrected chi connectivity index (χ0v) is 14.9. The lowest BCUT2D eigenvalue weighted by atomic mass is 10.0. The molecule has 2 amide bonds. The van der Waals surface area contributed by atoms with Crippen LogP contribution in [0.4, 0.5) is 0 Å². The molecule has 3 rings (SSSR count). The summed E-state index contributed by atoms with van der Waals surface area (Å²) in [7, 11) is 0. The second-order valence-corrected chi connectivity index (χ2v) is 7.26. The number of halogens is 2. The Morgan fingerprint density at radius 3 is 2.42 bits per heavy atom. The molecule has 1 aromatic rings. The van der Waals surface area contributed by atoms with E-state index in [2.05, 4.69) is 0 Å². The molecule has 0 aromatic heterocycles. The summed E-state index contributed by atoms with van der Waals surface area (Å²) < 4.78 is 0. The number of nitrogens with two attached hydrogens (primary N) is 1. The highest BCUT2D eigenvalue weighted by molar-refractivity contribution is 6.42. The maximum Gasteiger partial charge on any atom is 0.254 e. The van der Waals surface area contributed by atoms with Crippen molar-refractivity contribution in [2.24, 2.45) is 5.73 Å². The first-order valence-electron chi connectivity index (χ1n) is 8.28. The van der Waals surface area contributed by atoms with E-state index in [1.807, 2.05) is 4.90 Å². The van der Waals surface area contributed by atoms with Gasteiger partial charge in [0.1, 0.15) is 6.04 Å². The normalized spacial score (nSPS) is 22.0. The predicted octanol–water partition coefficient (Wildman–Crippen LogP) is 2.55. The Morgan fingerprint density at radius 1 is 1.04 bits per heavy atom. The molecule has 2 aliphatic rings. The summed E-state index contributed by atoms with van der Waals surface area (Å²) in [5.74, 6) is -0.133. The smallest absolute Gasteiger partial charge is 0.254 e. The maximum absolute atomic E-state index is 12.8. The standard InChI is InChI=1S/C17H21Cl2N3O2/c18-13-4-3-11(10-14(13)19)16(23)22-7-1-2-15(22)17(24)21-8-5-12(20)6-9-21/h3-4,10,12,15H,1-2,5-9,20H2. The molecule has 2 N–H and O–H groups in total. The highest BCUT2D eigenvalue weighted by atomic mass is 35.5. The molecular weight excluding hydrogens is 349 g/mol. The number of nitrogens with zero attached hydrogens (tertiary/aromatic N) is 2. The third-order valence-electron chi connectivity index (χ3n) is 4.82. The van der Waals surface area contributed by atoms with Crippen LogP contribution in [0.25, 0.3) is 0 Å². The lowest BCUT2D eigenvalue weighted by Gasteiger charge is -2.34. The van der Waals surface area contributed by atoms with E-state index in [0.717, 1.165) is 19.3 Å². The number of piperidine rings is 1. The number of likely N-dealkylation sites (tertiary alicyclic amines) is 2. The Kier molecular flexibility index (Phi) is 5.33. The fraction of sp³-hybridized carbons (Fsp3) is 0.529. The van der Waals surface area contributed by atoms with Crippen LogP contribution in [-0.2, 0) is 4.79 Å². The Balaban J connectivity index is 1.73. The molecule has 0 spiro atoms. The van der Waals surface area contributed by atoms with Gasteiger partial charge in [0.2, 0.25) is 5.91 Å². The van der Waals surface area contributed by atoms with Crippen molar-refractivity contribution >= 4 is 35.0 Å². The van der Waals surface area contributed by atoms with Crippen LogP contribution in [-0.4, -0.2) is 53.3 Å². The minimum Gasteiger partial charge on any atom is -0.341 e. The van der Waals surface area contributed by atoms with Gasteiger partial charge in [0.15, 0.2) is 0 Å². The Hall–Kier alpha value is -1.30. The molecule has 130 valence electrons. The van der Waals surface area contributed by atoms with E-state index in [4.69, 9.17) is 28.9 Å². The number of benzene rings is 1. The number of carbonyl (C=O) groups excluding carboxylic acids is 2. The zero-order valence-electron chi connectivity index (χ0n) is 13.4. The van der Waals surface area contributed by atoms with Gasteiger partial charge >= 0.3 is 0 Å². The first-order chi connectivity index (χ1) is 11.5. The monoisotopic (exact) mass is 369 g/mol. The zero-order chi connectivity index (χ0) is 17.3. The van der Waals surface area contributed by atoms with Crippen molar-refractivity contribution in [2.45, 2.75) is 37.8 Å². The fourth-order valence-corrected chi connectivity index (χ4v) is 3.69. The molecule has 5 nitrogen and oxygen atoms in total. The van der Waals surface area contributed by atoms with Crippen molar-refractivity contribution in [3.63, 3.8) is 0 Å². The Bertz CT molecular complexity index is 645. The molecule has 2 fully saturated rings. The van der Waals surface area contributed by atoms with Gasteiger partial charge in [0, 0.05) is 31.2 Å². The SMILES string of the molecule is NC1CCN(C(=O)C2CCCN2C(=O)c2ccc(Cl)c(Cl)c2)CC1. The number of amides is 2. The van der Waals surface area contributed by atoms with Crippen LogP contribution >= 0.6 is 23.2 Å². The van der Waals surface area contributed by atoms with Gasteiger partial charge in [0.05, 0.1) is 10.0 Å². The van der Waals surface area contributed by atoms with Crippen molar-refractivity contribution in [3.8, 4) is 0 Å². The lowest BCUT2D eigenvalue weighted by Crippen LogP contribution is -2.51. The molecular formula is C17H21Cl2N3O2. The summed E-state index contributed by atoms with van der Waals surface area (Å²) in [4.78, 5) is 29.1. The summed E-state index contributed by atoms with van der Waals surface area (Å²) >= 11 is 11.9. The van der Waals surface area contributed by atoms with E-state index in [9.17, 15) is 9.59 Å².